The third-order valence-electron chi connectivity index (χ3n) is 3.11. The maximum Gasteiger partial charge on any atom is 0.326 e. The van der Waals surface area contributed by atoms with Crippen molar-refractivity contribution in [3.63, 3.8) is 0 Å². The molecule has 0 fully saturated rings. The van der Waals surface area contributed by atoms with E-state index >= 15 is 0 Å². The maximum atomic E-state index is 11.6. The zero-order valence-electron chi connectivity index (χ0n) is 8.95. The van der Waals surface area contributed by atoms with Gasteiger partial charge in [-0.25, -0.2) is 4.79 Å². The Bertz CT molecular complexity index is 564. The normalized spacial score (nSPS) is 26.5. The number of rotatable bonds is 2. The molecule has 0 saturated heterocycles. The highest BCUT2D eigenvalue weighted by Gasteiger charge is 2.49. The third kappa shape index (κ3) is 1.42. The summed E-state index contributed by atoms with van der Waals surface area (Å²) in [5, 5.41) is 18.2. The molecule has 2 unspecified atom stereocenters. The van der Waals surface area contributed by atoms with Gasteiger partial charge in [-0.2, -0.15) is 0 Å². The number of carbonyl (C=O) groups is 2. The van der Waals surface area contributed by atoms with Crippen LogP contribution < -0.4 is 5.56 Å². The van der Waals surface area contributed by atoms with Crippen molar-refractivity contribution >= 4 is 11.9 Å². The minimum Gasteiger partial charge on any atom is -0.481 e. The molecule has 90 valence electrons. The molecule has 0 amide bonds. The fraction of sp³-hybridized carbons (Fsp3) is 0.400. The molecule has 0 saturated carbocycles. The quantitative estimate of drug-likeness (QED) is 0.726. The van der Waals surface area contributed by atoms with Crippen molar-refractivity contribution < 1.29 is 19.8 Å². The van der Waals surface area contributed by atoms with Gasteiger partial charge in [0.1, 0.15) is 11.5 Å². The van der Waals surface area contributed by atoms with Crippen molar-refractivity contribution in [1.29, 1.82) is 0 Å². The van der Waals surface area contributed by atoms with Crippen molar-refractivity contribution in [2.75, 3.05) is 0 Å². The molecule has 2 heterocycles. The highest BCUT2D eigenvalue weighted by atomic mass is 16.4. The van der Waals surface area contributed by atoms with Crippen molar-refractivity contribution in [2.24, 2.45) is 0 Å². The largest absolute Gasteiger partial charge is 0.481 e. The first-order valence-corrected chi connectivity index (χ1v) is 4.91. The van der Waals surface area contributed by atoms with E-state index in [0.29, 0.717) is 0 Å². The second-order valence-electron chi connectivity index (χ2n) is 4.20. The van der Waals surface area contributed by atoms with Crippen molar-refractivity contribution in [3.8, 4) is 0 Å². The van der Waals surface area contributed by atoms with Crippen LogP contribution in [0.4, 0.5) is 0 Å². The van der Waals surface area contributed by atoms with Gasteiger partial charge < -0.3 is 10.2 Å². The van der Waals surface area contributed by atoms with E-state index in [9.17, 15) is 19.5 Å². The highest BCUT2D eigenvalue weighted by Crippen LogP contribution is 2.39. The van der Waals surface area contributed by atoms with Gasteiger partial charge in [-0.05, 0) is 6.92 Å². The summed E-state index contributed by atoms with van der Waals surface area (Å²) in [6, 6.07) is -1.15. The van der Waals surface area contributed by atoms with Crippen molar-refractivity contribution in [3.05, 3.63) is 28.4 Å². The topological polar surface area (TPSA) is 109 Å². The van der Waals surface area contributed by atoms with Crippen LogP contribution in [0.1, 0.15) is 25.1 Å². The molecule has 17 heavy (non-hydrogen) atoms. The van der Waals surface area contributed by atoms with Gasteiger partial charge in [0, 0.05) is 12.6 Å². The zero-order valence-corrected chi connectivity index (χ0v) is 8.95. The summed E-state index contributed by atoms with van der Waals surface area (Å²) in [7, 11) is 0. The Kier molecular flexibility index (Phi) is 2.27. The molecule has 2 atom stereocenters. The molecule has 0 aromatic carbocycles. The Hall–Kier alpha value is -2.18. The lowest BCUT2D eigenvalue weighted by molar-refractivity contribution is -0.144. The number of nitrogens with zero attached hydrogens (tertiary/aromatic N) is 2. The zero-order chi connectivity index (χ0) is 12.8. The third-order valence-corrected chi connectivity index (χ3v) is 3.11. The molecule has 2 N–H and O–H groups in total. The van der Waals surface area contributed by atoms with Gasteiger partial charge in [0.2, 0.25) is 0 Å². The smallest absolute Gasteiger partial charge is 0.326 e. The lowest BCUT2D eigenvalue weighted by atomic mass is 9.84. The predicted molar refractivity (Wildman–Crippen MR) is 54.8 cm³/mol. The Morgan fingerprint density at radius 3 is 2.65 bits per heavy atom. The molecule has 7 nitrogen and oxygen atoms in total. The molecule has 1 aromatic heterocycles. The number of carboxylic acids is 2. The van der Waals surface area contributed by atoms with E-state index in [0.717, 1.165) is 10.8 Å². The van der Waals surface area contributed by atoms with Gasteiger partial charge in [-0.15, -0.1) is 0 Å². The lowest BCUT2D eigenvalue weighted by Gasteiger charge is -2.17. The number of hydrogen-bond acceptors (Lipinski definition) is 4. The monoisotopic (exact) mass is 238 g/mol. The standard InChI is InChI=1S/C10H10N2O5/c1-10(9(16)17)2-5(8(14)15)12-6(10)3-11-4-7(12)13/h3-5H,2H2,1H3,(H,14,15)(H,16,17). The van der Waals surface area contributed by atoms with E-state index in [4.69, 9.17) is 5.11 Å². The Balaban J connectivity index is 2.73. The van der Waals surface area contributed by atoms with E-state index in [1.807, 2.05) is 0 Å². The van der Waals surface area contributed by atoms with Crippen LogP contribution >= 0.6 is 0 Å². The van der Waals surface area contributed by atoms with E-state index in [1.165, 1.54) is 13.1 Å². The molecule has 7 heteroatoms. The molecular formula is C10H10N2O5. The predicted octanol–water partition coefficient (Wildman–Crippen LogP) is -0.385. The molecule has 1 aliphatic rings. The fourth-order valence-electron chi connectivity index (χ4n) is 2.12. The molecule has 0 bridgehead atoms. The van der Waals surface area contributed by atoms with Crippen LogP contribution in [0.2, 0.25) is 0 Å². The van der Waals surface area contributed by atoms with Gasteiger partial charge in [0.05, 0.1) is 11.9 Å². The molecule has 0 radical (unpaired) electrons. The summed E-state index contributed by atoms with van der Waals surface area (Å²) in [5.41, 5.74) is -1.86. The minimum atomic E-state index is -1.39. The SMILES string of the molecule is CC1(C(=O)O)CC(C(=O)O)n2c1cncc2=O. The second-order valence-corrected chi connectivity index (χ2v) is 4.20. The first kappa shape index (κ1) is 11.3. The molecular weight excluding hydrogens is 228 g/mol. The van der Waals surface area contributed by atoms with E-state index < -0.39 is 29.0 Å². The summed E-state index contributed by atoms with van der Waals surface area (Å²) in [6.45, 7) is 1.39. The number of hydrogen-bond donors (Lipinski definition) is 2. The van der Waals surface area contributed by atoms with Gasteiger partial charge in [-0.3, -0.25) is 19.1 Å². The first-order chi connectivity index (χ1) is 7.88. The first-order valence-electron chi connectivity index (χ1n) is 4.91. The lowest BCUT2D eigenvalue weighted by Crippen LogP contribution is -2.31. The van der Waals surface area contributed by atoms with Crippen LogP contribution in [0, 0.1) is 0 Å². The van der Waals surface area contributed by atoms with Gasteiger partial charge in [0.25, 0.3) is 5.56 Å². The summed E-state index contributed by atoms with van der Waals surface area (Å²) in [6.07, 6.45) is 2.06. The molecule has 0 spiro atoms. The summed E-state index contributed by atoms with van der Waals surface area (Å²) in [4.78, 5) is 37.5. The Morgan fingerprint density at radius 2 is 2.12 bits per heavy atom. The van der Waals surface area contributed by atoms with Crippen LogP contribution in [0.15, 0.2) is 17.2 Å². The van der Waals surface area contributed by atoms with Gasteiger partial charge >= 0.3 is 11.9 Å². The maximum absolute atomic E-state index is 11.6. The second kappa shape index (κ2) is 3.41. The summed E-state index contributed by atoms with van der Waals surface area (Å²) in [5.74, 6) is -2.38. The van der Waals surface area contributed by atoms with E-state index in [2.05, 4.69) is 4.98 Å². The highest BCUT2D eigenvalue weighted by molar-refractivity contribution is 5.84. The average molecular weight is 238 g/mol. The average Bonchev–Trinajstić information content (AvgIpc) is 2.56. The molecule has 0 aliphatic carbocycles. The summed E-state index contributed by atoms with van der Waals surface area (Å²) >= 11 is 0. The van der Waals surface area contributed by atoms with Crippen LogP contribution in [-0.4, -0.2) is 31.7 Å². The number of fused-ring (bicyclic) bond motifs is 1. The van der Waals surface area contributed by atoms with E-state index in [1.54, 1.807) is 0 Å². The van der Waals surface area contributed by atoms with Crippen LogP contribution in [0.3, 0.4) is 0 Å². The minimum absolute atomic E-state index is 0.130. The number of carboxylic acid groups (broad SMARTS) is 2. The van der Waals surface area contributed by atoms with Crippen LogP contribution in [0.5, 0.6) is 0 Å². The Labute approximate surface area is 95.3 Å². The molecule has 2 rings (SSSR count). The summed E-state index contributed by atoms with van der Waals surface area (Å²) < 4.78 is 0.990. The number of aliphatic carboxylic acids is 2. The molecule has 1 aromatic rings. The van der Waals surface area contributed by atoms with Crippen LogP contribution in [0.25, 0.3) is 0 Å². The molecule has 1 aliphatic heterocycles. The number of aromatic nitrogens is 2. The van der Waals surface area contributed by atoms with Crippen LogP contribution in [-0.2, 0) is 15.0 Å². The fourth-order valence-corrected chi connectivity index (χ4v) is 2.12. The van der Waals surface area contributed by atoms with Crippen molar-refractivity contribution in [1.82, 2.24) is 9.55 Å². The Morgan fingerprint density at radius 1 is 1.47 bits per heavy atom. The van der Waals surface area contributed by atoms with E-state index in [-0.39, 0.29) is 12.1 Å². The van der Waals surface area contributed by atoms with Crippen molar-refractivity contribution in [2.45, 2.75) is 24.8 Å². The van der Waals surface area contributed by atoms with Gasteiger partial charge in [0.15, 0.2) is 0 Å². The van der Waals surface area contributed by atoms with Gasteiger partial charge in [-0.1, -0.05) is 0 Å².